The molecule has 1 heterocycles. The molecule has 0 saturated heterocycles. The van der Waals surface area contributed by atoms with Crippen LogP contribution in [0.5, 0.6) is 0 Å². The molecule has 1 aromatic carbocycles. The molecule has 0 amide bonds. The van der Waals surface area contributed by atoms with Crippen molar-refractivity contribution in [3.05, 3.63) is 46.7 Å². The van der Waals surface area contributed by atoms with E-state index >= 15 is 0 Å². The molecule has 0 aliphatic heterocycles. The summed E-state index contributed by atoms with van der Waals surface area (Å²) in [5, 5.41) is 7.39. The van der Waals surface area contributed by atoms with Gasteiger partial charge in [0.25, 0.3) is 0 Å². The van der Waals surface area contributed by atoms with Crippen LogP contribution in [0.25, 0.3) is 0 Å². The lowest BCUT2D eigenvalue weighted by Crippen LogP contribution is -2.07. The molecule has 0 radical (unpaired) electrons. The van der Waals surface area contributed by atoms with Gasteiger partial charge in [-0.25, -0.2) is 9.97 Å². The Bertz CT molecular complexity index is 569. The summed E-state index contributed by atoms with van der Waals surface area (Å²) >= 11 is 5.88. The van der Waals surface area contributed by atoms with Crippen molar-refractivity contribution in [3.8, 4) is 0 Å². The van der Waals surface area contributed by atoms with Gasteiger partial charge in [-0.05, 0) is 31.0 Å². The number of nitrogens with zero attached hydrogens (tertiary/aromatic N) is 2. The predicted molar refractivity (Wildman–Crippen MR) is 88.9 cm³/mol. The van der Waals surface area contributed by atoms with E-state index in [0.29, 0.717) is 6.54 Å². The summed E-state index contributed by atoms with van der Waals surface area (Å²) in [5.41, 5.74) is 1.16. The third-order valence-corrected chi connectivity index (χ3v) is 3.31. The van der Waals surface area contributed by atoms with Gasteiger partial charge in [-0.2, -0.15) is 0 Å². The molecule has 0 saturated carbocycles. The van der Waals surface area contributed by atoms with Crippen molar-refractivity contribution < 1.29 is 0 Å². The zero-order chi connectivity index (χ0) is 15.1. The summed E-state index contributed by atoms with van der Waals surface area (Å²) < 4.78 is 0. The molecule has 21 heavy (non-hydrogen) atoms. The smallest absolute Gasteiger partial charge is 0.132 e. The van der Waals surface area contributed by atoms with Gasteiger partial charge in [-0.15, -0.1) is 0 Å². The van der Waals surface area contributed by atoms with Crippen LogP contribution < -0.4 is 10.6 Å². The largest absolute Gasteiger partial charge is 0.370 e. The number of aromatic nitrogens is 2. The molecule has 0 atom stereocenters. The monoisotopic (exact) mass is 304 g/mol. The molecule has 1 aromatic heterocycles. The molecule has 5 heteroatoms. The van der Waals surface area contributed by atoms with Crippen molar-refractivity contribution in [3.63, 3.8) is 0 Å². The lowest BCUT2D eigenvalue weighted by molar-refractivity contribution is 0.829. The zero-order valence-corrected chi connectivity index (χ0v) is 13.2. The van der Waals surface area contributed by atoms with Crippen molar-refractivity contribution in [2.45, 2.75) is 33.2 Å². The van der Waals surface area contributed by atoms with Crippen molar-refractivity contribution in [2.75, 3.05) is 17.2 Å². The minimum atomic E-state index is 0.710. The highest BCUT2D eigenvalue weighted by molar-refractivity contribution is 6.30. The van der Waals surface area contributed by atoms with E-state index in [2.05, 4.69) is 27.5 Å². The number of nitrogens with one attached hydrogen (secondary N) is 2. The Kier molecular flexibility index (Phi) is 5.81. The first kappa shape index (κ1) is 15.6. The van der Waals surface area contributed by atoms with Crippen LogP contribution in [0.2, 0.25) is 5.02 Å². The van der Waals surface area contributed by atoms with E-state index in [1.807, 2.05) is 37.3 Å². The van der Waals surface area contributed by atoms with E-state index in [9.17, 15) is 0 Å². The Morgan fingerprint density at radius 3 is 2.38 bits per heavy atom. The highest BCUT2D eigenvalue weighted by Crippen LogP contribution is 2.14. The number of rotatable bonds is 7. The number of benzene rings is 1. The molecule has 0 spiro atoms. The summed E-state index contributed by atoms with van der Waals surface area (Å²) in [6.07, 6.45) is 2.30. The van der Waals surface area contributed by atoms with Gasteiger partial charge in [0.15, 0.2) is 0 Å². The van der Waals surface area contributed by atoms with Crippen molar-refractivity contribution in [1.29, 1.82) is 0 Å². The highest BCUT2D eigenvalue weighted by Gasteiger charge is 2.02. The minimum Gasteiger partial charge on any atom is -0.370 e. The van der Waals surface area contributed by atoms with Crippen LogP contribution in [0, 0.1) is 6.92 Å². The van der Waals surface area contributed by atoms with Crippen molar-refractivity contribution in [2.24, 2.45) is 0 Å². The van der Waals surface area contributed by atoms with Gasteiger partial charge in [0, 0.05) is 24.2 Å². The molecule has 0 unspecified atom stereocenters. The quantitative estimate of drug-likeness (QED) is 0.750. The third-order valence-electron chi connectivity index (χ3n) is 3.06. The Morgan fingerprint density at radius 2 is 1.71 bits per heavy atom. The average molecular weight is 305 g/mol. The van der Waals surface area contributed by atoms with Gasteiger partial charge in [0.2, 0.25) is 0 Å². The van der Waals surface area contributed by atoms with Crippen LogP contribution in [-0.4, -0.2) is 16.5 Å². The minimum absolute atomic E-state index is 0.710. The molecular weight excluding hydrogens is 284 g/mol. The normalized spacial score (nSPS) is 10.4. The van der Waals surface area contributed by atoms with Gasteiger partial charge in [0.1, 0.15) is 17.5 Å². The van der Waals surface area contributed by atoms with Crippen molar-refractivity contribution in [1.82, 2.24) is 9.97 Å². The van der Waals surface area contributed by atoms with E-state index in [0.717, 1.165) is 41.0 Å². The van der Waals surface area contributed by atoms with E-state index in [1.165, 1.54) is 6.42 Å². The third kappa shape index (κ3) is 5.23. The summed E-state index contributed by atoms with van der Waals surface area (Å²) in [6, 6.07) is 9.73. The van der Waals surface area contributed by atoms with Gasteiger partial charge < -0.3 is 10.6 Å². The Balaban J connectivity index is 1.97. The maximum atomic E-state index is 5.88. The molecule has 0 bridgehead atoms. The van der Waals surface area contributed by atoms with E-state index < -0.39 is 0 Å². The van der Waals surface area contributed by atoms with E-state index in [1.54, 1.807) is 0 Å². The number of hydrogen-bond acceptors (Lipinski definition) is 4. The van der Waals surface area contributed by atoms with Crippen LogP contribution in [0.15, 0.2) is 30.3 Å². The second kappa shape index (κ2) is 7.84. The van der Waals surface area contributed by atoms with Crippen LogP contribution in [0.4, 0.5) is 11.6 Å². The van der Waals surface area contributed by atoms with Gasteiger partial charge in [-0.3, -0.25) is 0 Å². The molecule has 2 N–H and O–H groups in total. The number of halogens is 1. The molecule has 0 aliphatic rings. The summed E-state index contributed by atoms with van der Waals surface area (Å²) in [7, 11) is 0. The molecular formula is C16H21ClN4. The second-order valence-corrected chi connectivity index (χ2v) is 5.38. The zero-order valence-electron chi connectivity index (χ0n) is 12.5. The lowest BCUT2D eigenvalue weighted by atomic mass is 10.2. The van der Waals surface area contributed by atoms with Crippen LogP contribution in [-0.2, 0) is 6.54 Å². The van der Waals surface area contributed by atoms with E-state index in [-0.39, 0.29) is 0 Å². The lowest BCUT2D eigenvalue weighted by Gasteiger charge is -2.10. The number of unbranched alkanes of at least 4 members (excludes halogenated alkanes) is 1. The fourth-order valence-corrected chi connectivity index (χ4v) is 2.06. The predicted octanol–water partition coefficient (Wildman–Crippen LogP) is 4.26. The van der Waals surface area contributed by atoms with E-state index in [4.69, 9.17) is 11.6 Å². The Hall–Kier alpha value is -1.81. The first-order valence-corrected chi connectivity index (χ1v) is 7.63. The highest BCUT2D eigenvalue weighted by atomic mass is 35.5. The Labute approximate surface area is 131 Å². The van der Waals surface area contributed by atoms with Gasteiger partial charge in [-0.1, -0.05) is 37.1 Å². The SMILES string of the molecule is CCCCNc1cc(NCc2ccc(Cl)cc2)nc(C)n1. The van der Waals surface area contributed by atoms with Gasteiger partial charge >= 0.3 is 0 Å². The van der Waals surface area contributed by atoms with Crippen LogP contribution >= 0.6 is 11.6 Å². The molecule has 2 rings (SSSR count). The fourth-order valence-electron chi connectivity index (χ4n) is 1.94. The number of hydrogen-bond donors (Lipinski definition) is 2. The first-order valence-electron chi connectivity index (χ1n) is 7.25. The van der Waals surface area contributed by atoms with Crippen LogP contribution in [0.3, 0.4) is 0 Å². The number of aryl methyl sites for hydroxylation is 1. The maximum Gasteiger partial charge on any atom is 0.132 e. The fraction of sp³-hybridized carbons (Fsp3) is 0.375. The molecule has 112 valence electrons. The first-order chi connectivity index (χ1) is 10.2. The maximum absolute atomic E-state index is 5.88. The summed E-state index contributed by atoms with van der Waals surface area (Å²) in [4.78, 5) is 8.80. The topological polar surface area (TPSA) is 49.8 Å². The average Bonchev–Trinajstić information content (AvgIpc) is 2.46. The molecule has 0 fully saturated rings. The standard InChI is InChI=1S/C16H21ClN4/c1-3-4-9-18-15-10-16(21-12(2)20-15)19-11-13-5-7-14(17)8-6-13/h5-8,10H,3-4,9,11H2,1-2H3,(H2,18,19,20,21). The number of anilines is 2. The summed E-state index contributed by atoms with van der Waals surface area (Å²) in [6.45, 7) is 5.72. The van der Waals surface area contributed by atoms with Crippen LogP contribution in [0.1, 0.15) is 31.2 Å². The molecule has 0 aliphatic carbocycles. The van der Waals surface area contributed by atoms with Gasteiger partial charge in [0.05, 0.1) is 0 Å². The second-order valence-electron chi connectivity index (χ2n) is 4.95. The molecule has 4 nitrogen and oxygen atoms in total. The Morgan fingerprint density at radius 1 is 1.05 bits per heavy atom. The van der Waals surface area contributed by atoms with Crippen molar-refractivity contribution >= 4 is 23.2 Å². The summed E-state index contributed by atoms with van der Waals surface area (Å²) in [5.74, 6) is 2.46. The molecule has 2 aromatic rings.